The molecule has 2 rings (SSSR count). The Labute approximate surface area is 148 Å². The molecule has 1 amide bonds. The van der Waals surface area contributed by atoms with E-state index >= 15 is 0 Å². The third-order valence-electron chi connectivity index (χ3n) is 4.55. The van der Waals surface area contributed by atoms with E-state index in [0.29, 0.717) is 17.7 Å². The van der Waals surface area contributed by atoms with Crippen molar-refractivity contribution in [2.24, 2.45) is 0 Å². The van der Waals surface area contributed by atoms with E-state index in [0.717, 1.165) is 25.7 Å². The minimum absolute atomic E-state index is 0.0914. The average Bonchev–Trinajstić information content (AvgIpc) is 2.64. The van der Waals surface area contributed by atoms with Gasteiger partial charge in [0.15, 0.2) is 6.04 Å². The molecule has 2 atom stereocenters. The molecule has 0 radical (unpaired) electrons. The van der Waals surface area contributed by atoms with Crippen LogP contribution in [0.4, 0.5) is 0 Å². The number of nitrogens with one attached hydrogen (secondary N) is 1. The lowest BCUT2D eigenvalue weighted by Gasteiger charge is -2.27. The predicted octanol–water partition coefficient (Wildman–Crippen LogP) is 3.07. The number of aliphatic carboxylic acids is 1. The van der Waals surface area contributed by atoms with Crippen LogP contribution in [0, 0.1) is 0 Å². The van der Waals surface area contributed by atoms with Gasteiger partial charge in [-0.15, -0.1) is 0 Å². The SMILES string of the molecule is CCC(OC1CCCCC1)C(=O)NC(C(=O)O)c1ccc(OC)cc1. The van der Waals surface area contributed by atoms with Crippen LogP contribution in [0.3, 0.4) is 0 Å². The molecule has 25 heavy (non-hydrogen) atoms. The number of methoxy groups -OCH3 is 1. The van der Waals surface area contributed by atoms with Crippen LogP contribution in [-0.4, -0.2) is 36.3 Å². The molecule has 6 heteroatoms. The Morgan fingerprint density at radius 3 is 2.36 bits per heavy atom. The summed E-state index contributed by atoms with van der Waals surface area (Å²) in [5.41, 5.74) is 0.495. The quantitative estimate of drug-likeness (QED) is 0.753. The largest absolute Gasteiger partial charge is 0.497 e. The van der Waals surface area contributed by atoms with Gasteiger partial charge in [0, 0.05) is 0 Å². The molecule has 1 aromatic rings. The Bertz CT molecular complexity index is 566. The zero-order valence-electron chi connectivity index (χ0n) is 14.9. The van der Waals surface area contributed by atoms with E-state index in [1.165, 1.54) is 6.42 Å². The first-order valence-corrected chi connectivity index (χ1v) is 8.87. The van der Waals surface area contributed by atoms with Gasteiger partial charge in [0.1, 0.15) is 11.9 Å². The molecule has 1 aliphatic rings. The highest BCUT2D eigenvalue weighted by atomic mass is 16.5. The van der Waals surface area contributed by atoms with E-state index in [9.17, 15) is 14.7 Å². The van der Waals surface area contributed by atoms with E-state index in [1.54, 1.807) is 31.4 Å². The average molecular weight is 349 g/mol. The van der Waals surface area contributed by atoms with Crippen molar-refractivity contribution in [1.82, 2.24) is 5.32 Å². The Balaban J connectivity index is 2.02. The molecule has 1 fully saturated rings. The molecule has 0 bridgehead atoms. The molecule has 0 heterocycles. The minimum atomic E-state index is -1.11. The molecule has 2 unspecified atom stereocenters. The molecule has 138 valence electrons. The number of ether oxygens (including phenoxy) is 2. The highest BCUT2D eigenvalue weighted by Gasteiger charge is 2.28. The van der Waals surface area contributed by atoms with E-state index in [-0.39, 0.29) is 12.0 Å². The topological polar surface area (TPSA) is 84.9 Å². The zero-order valence-corrected chi connectivity index (χ0v) is 14.9. The predicted molar refractivity (Wildman–Crippen MR) is 93.6 cm³/mol. The fraction of sp³-hybridized carbons (Fsp3) is 0.579. The van der Waals surface area contributed by atoms with Gasteiger partial charge in [0.25, 0.3) is 0 Å². The summed E-state index contributed by atoms with van der Waals surface area (Å²) in [6.45, 7) is 1.87. The van der Waals surface area contributed by atoms with Gasteiger partial charge in [-0.25, -0.2) is 4.79 Å². The van der Waals surface area contributed by atoms with Crippen LogP contribution >= 0.6 is 0 Å². The number of amides is 1. The fourth-order valence-electron chi connectivity index (χ4n) is 3.10. The van der Waals surface area contributed by atoms with E-state index in [4.69, 9.17) is 9.47 Å². The van der Waals surface area contributed by atoms with Crippen molar-refractivity contribution in [3.63, 3.8) is 0 Å². The smallest absolute Gasteiger partial charge is 0.330 e. The maximum absolute atomic E-state index is 12.5. The lowest BCUT2D eigenvalue weighted by atomic mass is 9.97. The van der Waals surface area contributed by atoms with Crippen LogP contribution in [-0.2, 0) is 14.3 Å². The molecular formula is C19H27NO5. The number of hydrogen-bond donors (Lipinski definition) is 2. The number of benzene rings is 1. The van der Waals surface area contributed by atoms with Crippen molar-refractivity contribution in [3.8, 4) is 5.75 Å². The Morgan fingerprint density at radius 2 is 1.84 bits per heavy atom. The zero-order chi connectivity index (χ0) is 18.2. The molecular weight excluding hydrogens is 322 g/mol. The Hall–Kier alpha value is -2.08. The molecule has 0 saturated heterocycles. The van der Waals surface area contributed by atoms with Crippen LogP contribution in [0.25, 0.3) is 0 Å². The summed E-state index contributed by atoms with van der Waals surface area (Å²) in [7, 11) is 1.54. The summed E-state index contributed by atoms with van der Waals surface area (Å²) >= 11 is 0. The standard InChI is InChI=1S/C19H27NO5/c1-3-16(25-15-7-5-4-6-8-15)18(21)20-17(19(22)23)13-9-11-14(24-2)12-10-13/h9-12,15-17H,3-8H2,1-2H3,(H,20,21)(H,22,23). The summed E-state index contributed by atoms with van der Waals surface area (Å²) in [6.07, 6.45) is 5.35. The summed E-state index contributed by atoms with van der Waals surface area (Å²) < 4.78 is 11.0. The summed E-state index contributed by atoms with van der Waals surface area (Å²) in [5, 5.41) is 12.1. The number of carboxylic acids is 1. The normalized spacial score (nSPS) is 17.5. The first kappa shape index (κ1) is 19.2. The molecule has 1 aromatic carbocycles. The molecule has 0 aliphatic heterocycles. The molecule has 2 N–H and O–H groups in total. The Kier molecular flexibility index (Phi) is 7.25. The number of carboxylic acid groups (broad SMARTS) is 1. The lowest BCUT2D eigenvalue weighted by Crippen LogP contribution is -2.42. The summed E-state index contributed by atoms with van der Waals surface area (Å²) in [6, 6.07) is 5.52. The van der Waals surface area contributed by atoms with Gasteiger partial charge in [-0.1, -0.05) is 38.3 Å². The fourth-order valence-corrected chi connectivity index (χ4v) is 3.10. The van der Waals surface area contributed by atoms with Gasteiger partial charge < -0.3 is 19.9 Å². The monoisotopic (exact) mass is 349 g/mol. The number of rotatable bonds is 8. The Morgan fingerprint density at radius 1 is 1.20 bits per heavy atom. The summed E-state index contributed by atoms with van der Waals surface area (Å²) in [5.74, 6) is -0.853. The molecule has 1 saturated carbocycles. The molecule has 0 aromatic heterocycles. The van der Waals surface area contributed by atoms with Crippen LogP contribution < -0.4 is 10.1 Å². The van der Waals surface area contributed by atoms with Crippen molar-refractivity contribution in [3.05, 3.63) is 29.8 Å². The minimum Gasteiger partial charge on any atom is -0.497 e. The molecule has 6 nitrogen and oxygen atoms in total. The van der Waals surface area contributed by atoms with Gasteiger partial charge in [-0.05, 0) is 37.0 Å². The maximum atomic E-state index is 12.5. The number of carbonyl (C=O) groups is 2. The highest BCUT2D eigenvalue weighted by molar-refractivity contribution is 5.87. The van der Waals surface area contributed by atoms with Crippen molar-refractivity contribution in [1.29, 1.82) is 0 Å². The van der Waals surface area contributed by atoms with E-state index in [1.807, 2.05) is 6.92 Å². The first-order valence-electron chi connectivity index (χ1n) is 8.87. The van der Waals surface area contributed by atoms with Gasteiger partial charge >= 0.3 is 5.97 Å². The van der Waals surface area contributed by atoms with E-state index < -0.39 is 18.1 Å². The second kappa shape index (κ2) is 9.42. The summed E-state index contributed by atoms with van der Waals surface area (Å²) in [4.78, 5) is 24.1. The third kappa shape index (κ3) is 5.46. The van der Waals surface area contributed by atoms with Crippen molar-refractivity contribution in [2.45, 2.75) is 63.7 Å². The van der Waals surface area contributed by atoms with Crippen molar-refractivity contribution < 1.29 is 24.2 Å². The van der Waals surface area contributed by atoms with Gasteiger partial charge in [0.05, 0.1) is 13.2 Å². The van der Waals surface area contributed by atoms with E-state index in [2.05, 4.69) is 5.32 Å². The second-order valence-electron chi connectivity index (χ2n) is 6.35. The van der Waals surface area contributed by atoms with Gasteiger partial charge in [0.2, 0.25) is 5.91 Å². The number of carbonyl (C=O) groups excluding carboxylic acids is 1. The molecule has 0 spiro atoms. The molecule has 1 aliphatic carbocycles. The van der Waals surface area contributed by atoms with Crippen LogP contribution in [0.15, 0.2) is 24.3 Å². The van der Waals surface area contributed by atoms with Crippen molar-refractivity contribution >= 4 is 11.9 Å². The van der Waals surface area contributed by atoms with Crippen LogP contribution in [0.5, 0.6) is 5.75 Å². The lowest BCUT2D eigenvalue weighted by molar-refractivity contribution is -0.146. The van der Waals surface area contributed by atoms with Crippen LogP contribution in [0.1, 0.15) is 57.1 Å². The number of hydrogen-bond acceptors (Lipinski definition) is 4. The van der Waals surface area contributed by atoms with Gasteiger partial charge in [-0.2, -0.15) is 0 Å². The first-order chi connectivity index (χ1) is 12.0. The highest BCUT2D eigenvalue weighted by Crippen LogP contribution is 2.23. The van der Waals surface area contributed by atoms with Crippen molar-refractivity contribution in [2.75, 3.05) is 7.11 Å². The maximum Gasteiger partial charge on any atom is 0.330 e. The third-order valence-corrected chi connectivity index (χ3v) is 4.55. The van der Waals surface area contributed by atoms with Gasteiger partial charge in [-0.3, -0.25) is 4.79 Å². The second-order valence-corrected chi connectivity index (χ2v) is 6.35. The van der Waals surface area contributed by atoms with Crippen LogP contribution in [0.2, 0.25) is 0 Å².